The molecule has 1 aromatic rings. The number of aliphatic hydroxyl groups excluding tert-OH is 1. The minimum absolute atomic E-state index is 0.171. The van der Waals surface area contributed by atoms with Crippen molar-refractivity contribution in [2.45, 2.75) is 51.1 Å². The van der Waals surface area contributed by atoms with Crippen LogP contribution >= 0.6 is 0 Å². The molecule has 2 nitrogen and oxygen atoms in total. The number of hydrogen-bond acceptors (Lipinski definition) is 2. The molecule has 1 saturated carbocycles. The predicted molar refractivity (Wildman–Crippen MR) is 75.5 cm³/mol. The van der Waals surface area contributed by atoms with Crippen LogP contribution in [0.15, 0.2) is 24.3 Å². The minimum Gasteiger partial charge on any atom is -0.396 e. The van der Waals surface area contributed by atoms with Crippen molar-refractivity contribution in [2.24, 2.45) is 5.92 Å². The Bertz CT molecular complexity index is 396. The summed E-state index contributed by atoms with van der Waals surface area (Å²) in [5.74, 6) is 0.208. The third kappa shape index (κ3) is 4.29. The highest BCUT2D eigenvalue weighted by Crippen LogP contribution is 2.24. The maximum absolute atomic E-state index is 13.1. The van der Waals surface area contributed by atoms with Gasteiger partial charge in [-0.3, -0.25) is 0 Å². The Hall–Kier alpha value is -0.930. The van der Waals surface area contributed by atoms with Gasteiger partial charge in [0.1, 0.15) is 5.82 Å². The summed E-state index contributed by atoms with van der Waals surface area (Å²) in [6, 6.07) is 7.51. The summed E-state index contributed by atoms with van der Waals surface area (Å²) in [5, 5.41) is 13.0. The smallest absolute Gasteiger partial charge is 0.123 e. The molecule has 0 heterocycles. The second-order valence-electron chi connectivity index (χ2n) is 5.74. The lowest BCUT2D eigenvalue weighted by atomic mass is 9.84. The van der Waals surface area contributed by atoms with Crippen molar-refractivity contribution in [3.05, 3.63) is 35.6 Å². The Morgan fingerprint density at radius 3 is 2.89 bits per heavy atom. The first kappa shape index (κ1) is 14.5. The second kappa shape index (κ2) is 7.01. The van der Waals surface area contributed by atoms with Gasteiger partial charge in [0, 0.05) is 18.7 Å². The van der Waals surface area contributed by atoms with E-state index in [9.17, 15) is 9.50 Å². The van der Waals surface area contributed by atoms with Crippen LogP contribution in [0.25, 0.3) is 0 Å². The van der Waals surface area contributed by atoms with Crippen LogP contribution < -0.4 is 5.32 Å². The largest absolute Gasteiger partial charge is 0.396 e. The van der Waals surface area contributed by atoms with E-state index >= 15 is 0 Å². The number of benzene rings is 1. The molecule has 0 radical (unpaired) electrons. The molecule has 2 rings (SSSR count). The van der Waals surface area contributed by atoms with Crippen LogP contribution in [0.5, 0.6) is 0 Å². The molecule has 0 bridgehead atoms. The van der Waals surface area contributed by atoms with Gasteiger partial charge in [-0.25, -0.2) is 4.39 Å². The van der Waals surface area contributed by atoms with Gasteiger partial charge in [-0.2, -0.15) is 0 Å². The fourth-order valence-corrected chi connectivity index (χ4v) is 3.09. The van der Waals surface area contributed by atoms with Crippen LogP contribution in [0.1, 0.15) is 38.2 Å². The monoisotopic (exact) mass is 265 g/mol. The molecule has 2 N–H and O–H groups in total. The third-order valence-electron chi connectivity index (χ3n) is 4.07. The summed E-state index contributed by atoms with van der Waals surface area (Å²) in [6.45, 7) is 2.40. The zero-order valence-corrected chi connectivity index (χ0v) is 11.6. The Labute approximate surface area is 115 Å². The lowest BCUT2D eigenvalue weighted by Crippen LogP contribution is -2.45. The average molecular weight is 265 g/mol. The molecule has 1 aromatic carbocycles. The molecule has 1 aliphatic rings. The van der Waals surface area contributed by atoms with Crippen LogP contribution in [-0.2, 0) is 6.42 Å². The Balaban J connectivity index is 1.87. The van der Waals surface area contributed by atoms with Crippen molar-refractivity contribution in [3.63, 3.8) is 0 Å². The summed E-state index contributed by atoms with van der Waals surface area (Å²) in [6.07, 6.45) is 5.54. The van der Waals surface area contributed by atoms with Crippen LogP contribution in [0.4, 0.5) is 4.39 Å². The zero-order chi connectivity index (χ0) is 13.7. The normalized spacial score (nSPS) is 25.2. The number of nitrogens with one attached hydrogen (secondary N) is 1. The van der Waals surface area contributed by atoms with E-state index < -0.39 is 0 Å². The standard InChI is InChI=1S/C16H24FNO/c1-12(9-13-5-4-7-15(17)10-13)18-16-8-3-2-6-14(16)11-19/h4-5,7,10,12,14,16,18-19H,2-3,6,8-9,11H2,1H3. The lowest BCUT2D eigenvalue weighted by Gasteiger charge is -2.33. The fourth-order valence-electron chi connectivity index (χ4n) is 3.09. The van der Waals surface area contributed by atoms with E-state index in [1.165, 1.54) is 18.9 Å². The molecule has 0 aromatic heterocycles. The lowest BCUT2D eigenvalue weighted by molar-refractivity contribution is 0.147. The van der Waals surface area contributed by atoms with Crippen molar-refractivity contribution in [1.29, 1.82) is 0 Å². The Morgan fingerprint density at radius 2 is 2.16 bits per heavy atom. The fraction of sp³-hybridized carbons (Fsp3) is 0.625. The summed E-state index contributed by atoms with van der Waals surface area (Å²) >= 11 is 0. The molecule has 3 unspecified atom stereocenters. The highest BCUT2D eigenvalue weighted by molar-refractivity contribution is 5.17. The zero-order valence-electron chi connectivity index (χ0n) is 11.6. The summed E-state index contributed by atoms with van der Waals surface area (Å²) in [7, 11) is 0. The first-order valence-corrected chi connectivity index (χ1v) is 7.30. The molecule has 0 saturated heterocycles. The molecular formula is C16H24FNO. The first-order valence-electron chi connectivity index (χ1n) is 7.30. The molecule has 1 aliphatic carbocycles. The maximum atomic E-state index is 13.1. The third-order valence-corrected chi connectivity index (χ3v) is 4.07. The molecule has 3 atom stereocenters. The van der Waals surface area contributed by atoms with Crippen LogP contribution in [-0.4, -0.2) is 23.8 Å². The second-order valence-corrected chi connectivity index (χ2v) is 5.74. The quantitative estimate of drug-likeness (QED) is 0.858. The first-order chi connectivity index (χ1) is 9.19. The van der Waals surface area contributed by atoms with Gasteiger partial charge in [0.25, 0.3) is 0 Å². The van der Waals surface area contributed by atoms with E-state index in [1.54, 1.807) is 12.1 Å². The minimum atomic E-state index is -0.171. The number of rotatable bonds is 5. The van der Waals surface area contributed by atoms with Gasteiger partial charge in [0.15, 0.2) is 0 Å². The maximum Gasteiger partial charge on any atom is 0.123 e. The van der Waals surface area contributed by atoms with Gasteiger partial charge in [-0.1, -0.05) is 25.0 Å². The molecule has 19 heavy (non-hydrogen) atoms. The average Bonchev–Trinajstić information content (AvgIpc) is 2.39. The molecule has 0 aliphatic heterocycles. The van der Waals surface area contributed by atoms with Crippen LogP contribution in [0.2, 0.25) is 0 Å². The van der Waals surface area contributed by atoms with Gasteiger partial charge in [0.2, 0.25) is 0 Å². The van der Waals surface area contributed by atoms with Crippen LogP contribution in [0.3, 0.4) is 0 Å². The van der Waals surface area contributed by atoms with Crippen molar-refractivity contribution in [1.82, 2.24) is 5.32 Å². The van der Waals surface area contributed by atoms with Crippen molar-refractivity contribution < 1.29 is 9.50 Å². The molecule has 0 spiro atoms. The van der Waals surface area contributed by atoms with Crippen molar-refractivity contribution in [2.75, 3.05) is 6.61 Å². The van der Waals surface area contributed by atoms with Gasteiger partial charge < -0.3 is 10.4 Å². The topological polar surface area (TPSA) is 32.3 Å². The number of hydrogen-bond donors (Lipinski definition) is 2. The Morgan fingerprint density at radius 1 is 1.37 bits per heavy atom. The summed E-state index contributed by atoms with van der Waals surface area (Å²) < 4.78 is 13.1. The molecular weight excluding hydrogens is 241 g/mol. The van der Waals surface area contributed by atoms with E-state index in [0.717, 1.165) is 24.8 Å². The van der Waals surface area contributed by atoms with Gasteiger partial charge in [-0.05, 0) is 49.8 Å². The van der Waals surface area contributed by atoms with Crippen molar-refractivity contribution >= 4 is 0 Å². The summed E-state index contributed by atoms with van der Waals surface area (Å²) in [5.41, 5.74) is 1.02. The van der Waals surface area contributed by atoms with E-state index in [1.807, 2.05) is 6.07 Å². The molecule has 3 heteroatoms. The Kier molecular flexibility index (Phi) is 5.34. The number of halogens is 1. The predicted octanol–water partition coefficient (Wildman–Crippen LogP) is 2.90. The highest BCUT2D eigenvalue weighted by Gasteiger charge is 2.25. The van der Waals surface area contributed by atoms with E-state index in [4.69, 9.17) is 0 Å². The molecule has 1 fully saturated rings. The number of aliphatic hydroxyl groups is 1. The van der Waals surface area contributed by atoms with Gasteiger partial charge in [-0.15, -0.1) is 0 Å². The van der Waals surface area contributed by atoms with Crippen molar-refractivity contribution in [3.8, 4) is 0 Å². The summed E-state index contributed by atoms with van der Waals surface area (Å²) in [4.78, 5) is 0. The van der Waals surface area contributed by atoms with E-state index in [0.29, 0.717) is 18.0 Å². The van der Waals surface area contributed by atoms with Crippen LogP contribution in [0, 0.1) is 11.7 Å². The molecule has 106 valence electrons. The molecule has 0 amide bonds. The van der Waals surface area contributed by atoms with Gasteiger partial charge in [0.05, 0.1) is 0 Å². The van der Waals surface area contributed by atoms with E-state index in [2.05, 4.69) is 12.2 Å². The van der Waals surface area contributed by atoms with E-state index in [-0.39, 0.29) is 12.4 Å². The SMILES string of the molecule is CC(Cc1cccc(F)c1)NC1CCCCC1CO. The highest BCUT2D eigenvalue weighted by atomic mass is 19.1. The van der Waals surface area contributed by atoms with Gasteiger partial charge >= 0.3 is 0 Å².